The smallest absolute Gasteiger partial charge is 0.315 e. The average molecular weight is 280 g/mol. The number of rotatable bonds is 5. The Morgan fingerprint density at radius 2 is 2.00 bits per heavy atom. The molecule has 0 heterocycles. The van der Waals surface area contributed by atoms with E-state index < -0.39 is 0 Å². The minimum Gasteiger partial charge on any atom is -0.497 e. The van der Waals surface area contributed by atoms with E-state index in [1.807, 2.05) is 45.0 Å². The molecular formula is C15H24N2O3. The molecule has 5 heteroatoms. The quantitative estimate of drug-likeness (QED) is 0.871. The van der Waals surface area contributed by atoms with Gasteiger partial charge in [0.2, 0.25) is 0 Å². The number of hydrogen-bond acceptors (Lipinski definition) is 3. The summed E-state index contributed by atoms with van der Waals surface area (Å²) in [5, 5.41) is 5.65. The van der Waals surface area contributed by atoms with Crippen molar-refractivity contribution in [2.24, 2.45) is 0 Å². The van der Waals surface area contributed by atoms with Crippen molar-refractivity contribution in [1.29, 1.82) is 0 Å². The Morgan fingerprint density at radius 3 is 2.55 bits per heavy atom. The molecule has 0 saturated carbocycles. The maximum Gasteiger partial charge on any atom is 0.315 e. The molecule has 5 nitrogen and oxygen atoms in total. The molecule has 0 spiro atoms. The number of ether oxygens (including phenoxy) is 2. The summed E-state index contributed by atoms with van der Waals surface area (Å²) in [4.78, 5) is 11.7. The first-order valence-electron chi connectivity index (χ1n) is 6.58. The van der Waals surface area contributed by atoms with Gasteiger partial charge >= 0.3 is 6.03 Å². The van der Waals surface area contributed by atoms with Crippen LogP contribution in [-0.4, -0.2) is 32.3 Å². The lowest BCUT2D eigenvalue weighted by atomic mass is 10.1. The zero-order valence-electron chi connectivity index (χ0n) is 12.8. The van der Waals surface area contributed by atoms with Gasteiger partial charge in [0.05, 0.1) is 13.2 Å². The lowest BCUT2D eigenvalue weighted by Gasteiger charge is -2.22. The van der Waals surface area contributed by atoms with Crippen LogP contribution in [-0.2, 0) is 4.74 Å². The Labute approximate surface area is 120 Å². The van der Waals surface area contributed by atoms with E-state index in [1.54, 1.807) is 14.2 Å². The van der Waals surface area contributed by atoms with Crippen molar-refractivity contribution in [1.82, 2.24) is 10.6 Å². The summed E-state index contributed by atoms with van der Waals surface area (Å²) in [6.45, 7) is 6.19. The van der Waals surface area contributed by atoms with Crippen LogP contribution in [0.5, 0.6) is 5.75 Å². The van der Waals surface area contributed by atoms with Gasteiger partial charge in [-0.15, -0.1) is 0 Å². The highest BCUT2D eigenvalue weighted by atomic mass is 16.5. The number of amides is 2. The Morgan fingerprint density at radius 1 is 1.30 bits per heavy atom. The van der Waals surface area contributed by atoms with Crippen LogP contribution in [0.3, 0.4) is 0 Å². The number of hydrogen-bond donors (Lipinski definition) is 2. The summed E-state index contributed by atoms with van der Waals surface area (Å²) >= 11 is 0. The number of carbonyl (C=O) groups is 1. The van der Waals surface area contributed by atoms with Crippen molar-refractivity contribution in [2.75, 3.05) is 20.8 Å². The number of methoxy groups -OCH3 is 2. The summed E-state index contributed by atoms with van der Waals surface area (Å²) in [7, 11) is 3.24. The Kier molecular flexibility index (Phi) is 5.82. The van der Waals surface area contributed by atoms with Gasteiger partial charge in [-0.25, -0.2) is 4.79 Å². The molecule has 1 aromatic carbocycles. The van der Waals surface area contributed by atoms with E-state index in [0.29, 0.717) is 6.54 Å². The molecule has 112 valence electrons. The van der Waals surface area contributed by atoms with E-state index >= 15 is 0 Å². The SMILES string of the molecule is COc1cccc(C(CNC(=O)NC(C)(C)C)OC)c1. The van der Waals surface area contributed by atoms with Crippen molar-refractivity contribution in [2.45, 2.75) is 32.4 Å². The lowest BCUT2D eigenvalue weighted by Crippen LogP contribution is -2.47. The fourth-order valence-corrected chi connectivity index (χ4v) is 1.75. The average Bonchev–Trinajstić information content (AvgIpc) is 2.37. The molecule has 1 aromatic rings. The zero-order valence-corrected chi connectivity index (χ0v) is 12.8. The van der Waals surface area contributed by atoms with E-state index in [1.165, 1.54) is 0 Å². The van der Waals surface area contributed by atoms with E-state index in [2.05, 4.69) is 10.6 Å². The molecule has 2 N–H and O–H groups in total. The van der Waals surface area contributed by atoms with E-state index in [9.17, 15) is 4.79 Å². The fraction of sp³-hybridized carbons (Fsp3) is 0.533. The lowest BCUT2D eigenvalue weighted by molar-refractivity contribution is 0.103. The van der Waals surface area contributed by atoms with Gasteiger partial charge in [0, 0.05) is 19.2 Å². The number of benzene rings is 1. The van der Waals surface area contributed by atoms with Gasteiger partial charge in [0.15, 0.2) is 0 Å². The minimum absolute atomic E-state index is 0.206. The predicted molar refractivity (Wildman–Crippen MR) is 79.0 cm³/mol. The first-order chi connectivity index (χ1) is 9.35. The molecule has 2 amide bonds. The molecule has 0 radical (unpaired) electrons. The predicted octanol–water partition coefficient (Wildman–Crippen LogP) is 2.48. The third-order valence-corrected chi connectivity index (χ3v) is 2.69. The number of nitrogens with one attached hydrogen (secondary N) is 2. The van der Waals surface area contributed by atoms with Crippen molar-refractivity contribution < 1.29 is 14.3 Å². The molecular weight excluding hydrogens is 256 g/mol. The second-order valence-corrected chi connectivity index (χ2v) is 5.59. The van der Waals surface area contributed by atoms with E-state index in [4.69, 9.17) is 9.47 Å². The molecule has 0 aliphatic heterocycles. The fourth-order valence-electron chi connectivity index (χ4n) is 1.75. The van der Waals surface area contributed by atoms with E-state index in [0.717, 1.165) is 11.3 Å². The Bertz CT molecular complexity index is 441. The van der Waals surface area contributed by atoms with Gasteiger partial charge in [-0.1, -0.05) is 12.1 Å². The molecule has 1 atom stereocenters. The highest BCUT2D eigenvalue weighted by Crippen LogP contribution is 2.20. The summed E-state index contributed by atoms with van der Waals surface area (Å²) in [5.74, 6) is 0.767. The van der Waals surface area contributed by atoms with Gasteiger partial charge in [-0.05, 0) is 38.5 Å². The topological polar surface area (TPSA) is 59.6 Å². The van der Waals surface area contributed by atoms with Gasteiger partial charge in [-0.2, -0.15) is 0 Å². The van der Waals surface area contributed by atoms with Crippen molar-refractivity contribution >= 4 is 6.03 Å². The Balaban J connectivity index is 2.61. The summed E-state index contributed by atoms with van der Waals surface area (Å²) < 4.78 is 10.6. The second-order valence-electron chi connectivity index (χ2n) is 5.59. The summed E-state index contributed by atoms with van der Waals surface area (Å²) in [5.41, 5.74) is 0.700. The van der Waals surface area contributed by atoms with Crippen molar-refractivity contribution in [3.63, 3.8) is 0 Å². The number of carbonyl (C=O) groups excluding carboxylic acids is 1. The number of urea groups is 1. The molecule has 0 aliphatic rings. The van der Waals surface area contributed by atoms with Gasteiger partial charge in [0.25, 0.3) is 0 Å². The molecule has 0 fully saturated rings. The van der Waals surface area contributed by atoms with Crippen LogP contribution >= 0.6 is 0 Å². The molecule has 0 aliphatic carbocycles. The first-order valence-corrected chi connectivity index (χ1v) is 6.58. The van der Waals surface area contributed by atoms with Crippen LogP contribution in [0.4, 0.5) is 4.79 Å². The standard InChI is InChI=1S/C15H24N2O3/c1-15(2,3)17-14(18)16-10-13(20-5)11-7-6-8-12(9-11)19-4/h6-9,13H,10H2,1-5H3,(H2,16,17,18). The third kappa shape index (κ3) is 5.48. The molecule has 20 heavy (non-hydrogen) atoms. The highest BCUT2D eigenvalue weighted by molar-refractivity contribution is 5.74. The van der Waals surface area contributed by atoms with Crippen LogP contribution in [0.1, 0.15) is 32.4 Å². The van der Waals surface area contributed by atoms with Crippen molar-refractivity contribution in [3.05, 3.63) is 29.8 Å². The van der Waals surface area contributed by atoms with E-state index in [-0.39, 0.29) is 17.7 Å². The normalized spacial score (nSPS) is 12.7. The summed E-state index contributed by atoms with van der Waals surface area (Å²) in [6.07, 6.45) is -0.212. The molecule has 0 aromatic heterocycles. The maximum atomic E-state index is 11.7. The van der Waals surface area contributed by atoms with Crippen LogP contribution in [0.15, 0.2) is 24.3 Å². The van der Waals surface area contributed by atoms with Crippen LogP contribution in [0.25, 0.3) is 0 Å². The molecule has 1 rings (SSSR count). The maximum absolute atomic E-state index is 11.7. The molecule has 0 bridgehead atoms. The van der Waals surface area contributed by atoms with Gasteiger partial charge in [-0.3, -0.25) is 0 Å². The highest BCUT2D eigenvalue weighted by Gasteiger charge is 2.16. The third-order valence-electron chi connectivity index (χ3n) is 2.69. The van der Waals surface area contributed by atoms with Crippen LogP contribution in [0.2, 0.25) is 0 Å². The first kappa shape index (κ1) is 16.3. The van der Waals surface area contributed by atoms with Gasteiger partial charge in [0.1, 0.15) is 5.75 Å². The minimum atomic E-state index is -0.261. The summed E-state index contributed by atoms with van der Waals surface area (Å²) in [6, 6.07) is 7.41. The zero-order chi connectivity index (χ0) is 15.2. The van der Waals surface area contributed by atoms with Crippen LogP contribution in [0, 0.1) is 0 Å². The van der Waals surface area contributed by atoms with Crippen LogP contribution < -0.4 is 15.4 Å². The molecule has 0 saturated heterocycles. The second kappa shape index (κ2) is 7.14. The molecule has 1 unspecified atom stereocenters. The monoisotopic (exact) mass is 280 g/mol. The Hall–Kier alpha value is -1.75. The largest absolute Gasteiger partial charge is 0.497 e. The van der Waals surface area contributed by atoms with Gasteiger partial charge < -0.3 is 20.1 Å². The van der Waals surface area contributed by atoms with Crippen molar-refractivity contribution in [3.8, 4) is 5.75 Å².